The van der Waals surface area contributed by atoms with Crippen LogP contribution < -0.4 is 4.90 Å². The van der Waals surface area contributed by atoms with Gasteiger partial charge in [0.25, 0.3) is 0 Å². The van der Waals surface area contributed by atoms with E-state index in [2.05, 4.69) is 135 Å². The molecule has 0 saturated heterocycles. The van der Waals surface area contributed by atoms with Crippen LogP contribution in [0, 0.1) is 56.7 Å². The maximum atomic E-state index is 11.4. The molecule has 1 aromatic carbocycles. The van der Waals surface area contributed by atoms with Gasteiger partial charge in [-0.2, -0.15) is 0 Å². The number of nitrogens with zero attached hydrogens (tertiary/aromatic N) is 2. The average molecular weight is 683 g/mol. The summed E-state index contributed by atoms with van der Waals surface area (Å²) in [6.07, 6.45) is 0. The van der Waals surface area contributed by atoms with E-state index in [1.54, 1.807) is 6.07 Å². The minimum Gasteiger partial charge on any atom is -0.378 e. The molecule has 7 heteroatoms. The Kier molecular flexibility index (Phi) is 14.4. The van der Waals surface area contributed by atoms with Gasteiger partial charge in [0.2, 0.25) is 0 Å². The number of nitro groups is 1. The zero-order valence-corrected chi connectivity index (χ0v) is 33.9. The van der Waals surface area contributed by atoms with Gasteiger partial charge in [-0.05, 0) is 75.4 Å². The van der Waals surface area contributed by atoms with Crippen molar-refractivity contribution in [2.24, 2.45) is 0 Å². The van der Waals surface area contributed by atoms with Crippen LogP contribution in [0.15, 0.2) is 47.5 Å². The first kappa shape index (κ1) is 39.7. The molecule has 0 saturated carbocycles. The Morgan fingerprint density at radius 3 is 1.40 bits per heavy atom. The van der Waals surface area contributed by atoms with Crippen molar-refractivity contribution >= 4 is 38.2 Å². The summed E-state index contributed by atoms with van der Waals surface area (Å²) in [7, 11) is -0.178. The lowest BCUT2D eigenvalue weighted by Gasteiger charge is -2.38. The zero-order chi connectivity index (χ0) is 35.7. The molecule has 0 bridgehead atoms. The molecule has 0 radical (unpaired) electrons. The molecule has 0 aliphatic rings. The Hall–Kier alpha value is -3.47. The van der Waals surface area contributed by atoms with Gasteiger partial charge >= 0.3 is 5.00 Å². The molecule has 0 spiro atoms. The summed E-state index contributed by atoms with van der Waals surface area (Å²) in [5.74, 6) is 20.5. The Bertz CT molecular complexity index is 1590. The molecule has 2 aromatic rings. The second kappa shape index (κ2) is 17.1. The molecular formula is C40H54N2O2SSi2. The van der Waals surface area contributed by atoms with E-state index in [0.29, 0.717) is 49.3 Å². The van der Waals surface area contributed by atoms with E-state index in [4.69, 9.17) is 0 Å². The third kappa shape index (κ3) is 9.55. The molecule has 0 aliphatic carbocycles. The topological polar surface area (TPSA) is 46.4 Å². The monoisotopic (exact) mass is 682 g/mol. The Morgan fingerprint density at radius 1 is 0.638 bits per heavy atom. The minimum atomic E-state index is -2.10. The Morgan fingerprint density at radius 2 is 1.04 bits per heavy atom. The third-order valence-corrected chi connectivity index (χ3v) is 23.1. The lowest BCUT2D eigenvalue weighted by molar-refractivity contribution is -0.380. The van der Waals surface area contributed by atoms with Crippen LogP contribution in [0.2, 0.25) is 33.2 Å². The van der Waals surface area contributed by atoms with Crippen molar-refractivity contribution in [3.8, 4) is 46.6 Å². The summed E-state index contributed by atoms with van der Waals surface area (Å²) in [6, 6.07) is 11.3. The summed E-state index contributed by atoms with van der Waals surface area (Å²) in [5, 5.41) is 11.4. The molecule has 0 atom stereocenters. The van der Waals surface area contributed by atoms with Crippen molar-refractivity contribution in [3.63, 3.8) is 0 Å². The molecule has 0 unspecified atom stereocenters. The smallest absolute Gasteiger partial charge is 0.325 e. The fraction of sp³-hybridized carbons (Fsp3) is 0.500. The number of allylic oxidation sites excluding steroid dienone is 2. The molecular weight excluding hydrogens is 629 g/mol. The Balaban J connectivity index is 3.09. The summed E-state index contributed by atoms with van der Waals surface area (Å²) in [6.45, 7) is 27.7. The third-order valence-electron chi connectivity index (χ3n) is 9.59. The van der Waals surface area contributed by atoms with Crippen LogP contribution in [0.4, 0.5) is 10.7 Å². The van der Waals surface area contributed by atoms with E-state index in [0.717, 1.165) is 22.6 Å². The van der Waals surface area contributed by atoms with Gasteiger partial charge in [0.05, 0.1) is 20.9 Å². The first-order valence-corrected chi connectivity index (χ1v) is 22.0. The van der Waals surface area contributed by atoms with Gasteiger partial charge in [-0.15, -0.1) is 11.1 Å². The molecule has 0 aliphatic heterocycles. The van der Waals surface area contributed by atoms with Crippen LogP contribution in [0.5, 0.6) is 0 Å². The van der Waals surface area contributed by atoms with E-state index < -0.39 is 16.1 Å². The highest BCUT2D eigenvalue weighted by Crippen LogP contribution is 2.42. The van der Waals surface area contributed by atoms with E-state index in [1.165, 1.54) is 6.07 Å². The van der Waals surface area contributed by atoms with Gasteiger partial charge in [-0.1, -0.05) is 118 Å². The normalized spacial score (nSPS) is 11.4. The number of hydrogen-bond donors (Lipinski definition) is 0. The first-order chi connectivity index (χ1) is 21.9. The minimum absolute atomic E-state index is 0.0647. The molecule has 250 valence electrons. The van der Waals surface area contributed by atoms with Crippen molar-refractivity contribution in [1.82, 2.24) is 0 Å². The van der Waals surface area contributed by atoms with Gasteiger partial charge in [0.1, 0.15) is 16.1 Å². The van der Waals surface area contributed by atoms with Crippen LogP contribution in [0.1, 0.15) is 93.5 Å². The maximum Gasteiger partial charge on any atom is 0.325 e. The van der Waals surface area contributed by atoms with Crippen LogP contribution in [-0.2, 0) is 0 Å². The summed E-state index contributed by atoms with van der Waals surface area (Å²) >= 11 is 1.07. The summed E-state index contributed by atoms with van der Waals surface area (Å²) in [4.78, 5) is 13.7. The van der Waals surface area contributed by atoms with Crippen molar-refractivity contribution in [2.45, 2.75) is 116 Å². The SMILES string of the molecule is CC(C)[Si](C#CC(C#C[Si](C(C)C)(C(C)C)C(C)C)=C(C#Cc1ccc(N(C)C)cc1)C#Cc1ccc([N+](=O)[O-])s1)(C(C)C)C(C)C. The molecule has 4 nitrogen and oxygen atoms in total. The predicted molar refractivity (Wildman–Crippen MR) is 210 cm³/mol. The highest BCUT2D eigenvalue weighted by molar-refractivity contribution is 7.15. The number of anilines is 1. The van der Waals surface area contributed by atoms with Crippen molar-refractivity contribution in [1.29, 1.82) is 0 Å². The van der Waals surface area contributed by atoms with Crippen molar-refractivity contribution in [3.05, 3.63) is 68.1 Å². The molecule has 47 heavy (non-hydrogen) atoms. The number of rotatable bonds is 8. The molecule has 0 N–H and O–H groups in total. The fourth-order valence-electron chi connectivity index (χ4n) is 7.11. The molecule has 1 aromatic heterocycles. The molecule has 0 amide bonds. The van der Waals surface area contributed by atoms with Crippen LogP contribution >= 0.6 is 11.3 Å². The second-order valence-electron chi connectivity index (χ2n) is 14.4. The van der Waals surface area contributed by atoms with Crippen molar-refractivity contribution < 1.29 is 4.92 Å². The lowest BCUT2D eigenvalue weighted by Crippen LogP contribution is -2.43. The van der Waals surface area contributed by atoms with E-state index in [-0.39, 0.29) is 9.92 Å². The molecule has 1 heterocycles. The van der Waals surface area contributed by atoms with Gasteiger partial charge in [0.15, 0.2) is 0 Å². The molecule has 2 rings (SSSR count). The van der Waals surface area contributed by atoms with Gasteiger partial charge in [0, 0.05) is 31.4 Å². The van der Waals surface area contributed by atoms with Crippen LogP contribution in [-0.4, -0.2) is 35.2 Å². The number of benzene rings is 1. The average Bonchev–Trinajstić information content (AvgIpc) is 3.45. The van der Waals surface area contributed by atoms with Gasteiger partial charge in [-0.25, -0.2) is 0 Å². The second-order valence-corrected chi connectivity index (χ2v) is 26.6. The van der Waals surface area contributed by atoms with E-state index >= 15 is 0 Å². The zero-order valence-electron chi connectivity index (χ0n) is 31.0. The van der Waals surface area contributed by atoms with Gasteiger partial charge in [-0.3, -0.25) is 10.1 Å². The highest BCUT2D eigenvalue weighted by atomic mass is 32.1. The predicted octanol–water partition coefficient (Wildman–Crippen LogP) is 10.9. The molecule has 0 fully saturated rings. The quantitative estimate of drug-likeness (QED) is 0.120. The number of hydrogen-bond acceptors (Lipinski definition) is 4. The standard InChI is InChI=1S/C40H54N2O2SSi2/c1-29(2)46(30(3)4,31(5)6)27-25-37(26-28-47(32(7)8,33(9)10)34(11)12)36(19-22-39-23-24-40(45-39)42(43)44)18-15-35-16-20-38(21-17-35)41(13)14/h16-17,20-21,23-24,29-34H,1-14H3. The summed E-state index contributed by atoms with van der Waals surface area (Å²) < 4.78 is 0. The maximum absolute atomic E-state index is 11.4. The van der Waals surface area contributed by atoms with Gasteiger partial charge < -0.3 is 4.90 Å². The lowest BCUT2D eigenvalue weighted by atomic mass is 10.1. The number of thiophene rings is 1. The first-order valence-electron chi connectivity index (χ1n) is 16.8. The Labute approximate surface area is 292 Å². The largest absolute Gasteiger partial charge is 0.378 e. The highest BCUT2D eigenvalue weighted by Gasteiger charge is 2.43. The van der Waals surface area contributed by atoms with Crippen LogP contribution in [0.25, 0.3) is 0 Å². The fourth-order valence-corrected chi connectivity index (χ4v) is 18.2. The summed E-state index contributed by atoms with van der Waals surface area (Å²) in [5.41, 5.74) is 13.7. The van der Waals surface area contributed by atoms with Crippen LogP contribution in [0.3, 0.4) is 0 Å². The van der Waals surface area contributed by atoms with Crippen molar-refractivity contribution in [2.75, 3.05) is 19.0 Å². The van der Waals surface area contributed by atoms with E-state index in [9.17, 15) is 10.1 Å². The van der Waals surface area contributed by atoms with E-state index in [1.807, 2.05) is 38.4 Å².